The van der Waals surface area contributed by atoms with Crippen molar-refractivity contribution in [3.63, 3.8) is 0 Å². The Bertz CT molecular complexity index is 1810. The molecule has 0 bridgehead atoms. The average molecular weight is 682 g/mol. The first kappa shape index (κ1) is 37.8. The number of aryl methyl sites for hydroxylation is 1. The third-order valence-corrected chi connectivity index (χ3v) is 8.61. The Balaban J connectivity index is 1.83. The number of aromatic nitrogens is 3. The number of ether oxygens (including phenoxy) is 2. The van der Waals surface area contributed by atoms with Crippen LogP contribution in [0.5, 0.6) is 5.75 Å². The van der Waals surface area contributed by atoms with Gasteiger partial charge in [0.1, 0.15) is 16.9 Å². The minimum absolute atomic E-state index is 0.00747. The number of methoxy groups -OCH3 is 1. The number of allylic oxidation sites excluding steroid dienone is 1. The van der Waals surface area contributed by atoms with Gasteiger partial charge in [-0.25, -0.2) is 24.3 Å². The maximum absolute atomic E-state index is 13.7. The summed E-state index contributed by atoms with van der Waals surface area (Å²) < 4.78 is 12.9. The van der Waals surface area contributed by atoms with Crippen molar-refractivity contribution in [1.82, 2.24) is 14.8 Å². The van der Waals surface area contributed by atoms with Gasteiger partial charge in [-0.3, -0.25) is 4.79 Å². The molecule has 0 saturated heterocycles. The molecule has 1 aliphatic heterocycles. The second-order valence-corrected chi connectivity index (χ2v) is 13.5. The van der Waals surface area contributed by atoms with E-state index in [0.717, 1.165) is 62.9 Å². The van der Waals surface area contributed by atoms with Gasteiger partial charge in [0, 0.05) is 30.4 Å². The molecule has 1 atom stereocenters. The Kier molecular flexibility index (Phi) is 12.6. The molecule has 0 spiro atoms. The van der Waals surface area contributed by atoms with Gasteiger partial charge in [-0.15, -0.1) is 5.10 Å². The molecule has 1 amide bonds. The minimum Gasteiger partial charge on any atom is -0.496 e. The number of amides is 1. The van der Waals surface area contributed by atoms with Gasteiger partial charge in [0.25, 0.3) is 0 Å². The van der Waals surface area contributed by atoms with Gasteiger partial charge >= 0.3 is 5.97 Å². The largest absolute Gasteiger partial charge is 0.496 e. The molecule has 2 aromatic carbocycles. The van der Waals surface area contributed by atoms with Crippen LogP contribution in [0.25, 0.3) is 21.8 Å². The molecule has 11 nitrogen and oxygen atoms in total. The number of anilines is 2. The number of carbonyl (C=O) groups excluding carboxylic acids is 2. The average Bonchev–Trinajstić information content (AvgIpc) is 3.63. The predicted molar refractivity (Wildman–Crippen MR) is 200 cm³/mol. The summed E-state index contributed by atoms with van der Waals surface area (Å²) >= 11 is 0. The highest BCUT2D eigenvalue weighted by molar-refractivity contribution is 6.29. The number of rotatable bonds is 15. The summed E-state index contributed by atoms with van der Waals surface area (Å²) in [5.41, 5.74) is 2.92. The fourth-order valence-electron chi connectivity index (χ4n) is 5.85. The van der Waals surface area contributed by atoms with Gasteiger partial charge in [-0.1, -0.05) is 40.0 Å². The first-order valence-electron chi connectivity index (χ1n) is 17.7. The van der Waals surface area contributed by atoms with E-state index < -0.39 is 11.6 Å². The van der Waals surface area contributed by atoms with E-state index in [2.05, 4.69) is 41.9 Å². The maximum atomic E-state index is 13.7. The van der Waals surface area contributed by atoms with Crippen molar-refractivity contribution in [3.05, 3.63) is 64.9 Å². The third kappa shape index (κ3) is 8.59. The third-order valence-electron chi connectivity index (χ3n) is 8.61. The van der Waals surface area contributed by atoms with Crippen LogP contribution in [0.1, 0.15) is 98.4 Å². The number of nitrogens with zero attached hydrogens (tertiary/aromatic N) is 6. The van der Waals surface area contributed by atoms with E-state index in [1.807, 2.05) is 26.0 Å². The molecule has 0 fully saturated rings. The van der Waals surface area contributed by atoms with Crippen molar-refractivity contribution in [3.8, 4) is 17.1 Å². The first-order valence-corrected chi connectivity index (χ1v) is 17.7. The Morgan fingerprint density at radius 1 is 1.08 bits per heavy atom. The van der Waals surface area contributed by atoms with Crippen LogP contribution < -0.4 is 15.0 Å². The van der Waals surface area contributed by atoms with Crippen LogP contribution in [0.2, 0.25) is 0 Å². The fraction of sp³-hybridized carbons (Fsp3) is 0.487. The van der Waals surface area contributed by atoms with Crippen molar-refractivity contribution in [2.45, 2.75) is 99.5 Å². The topological polar surface area (TPSA) is 115 Å². The quantitative estimate of drug-likeness (QED) is 0.126. The van der Waals surface area contributed by atoms with E-state index in [-0.39, 0.29) is 40.6 Å². The lowest BCUT2D eigenvalue weighted by Gasteiger charge is -2.23. The molecule has 4 rings (SSSR count). The number of fused-ring (bicyclic) bond motifs is 1. The molecule has 1 aromatic heterocycles. The number of carbonyl (C=O) groups is 2. The molecule has 1 N–H and O–H groups in total. The Hall–Kier alpha value is -4.98. The van der Waals surface area contributed by atoms with E-state index in [1.54, 1.807) is 46.1 Å². The number of unbranched alkanes of at least 4 members (excludes halogenated alkanes) is 2. The molecular weight excluding hydrogens is 630 g/mol. The fourth-order valence-corrected chi connectivity index (χ4v) is 5.85. The molecule has 50 heavy (non-hydrogen) atoms. The summed E-state index contributed by atoms with van der Waals surface area (Å²) in [7, 11) is 1.54. The number of hydrogen-bond acceptors (Lipinski definition) is 8. The van der Waals surface area contributed by atoms with Crippen LogP contribution >= 0.6 is 0 Å². The van der Waals surface area contributed by atoms with E-state index in [1.165, 1.54) is 4.68 Å². The highest BCUT2D eigenvalue weighted by Gasteiger charge is 2.39. The molecule has 1 unspecified atom stereocenters. The zero-order chi connectivity index (χ0) is 36.6. The van der Waals surface area contributed by atoms with Crippen molar-refractivity contribution in [2.75, 3.05) is 30.4 Å². The Labute approximate surface area is 296 Å². The van der Waals surface area contributed by atoms with Crippen molar-refractivity contribution in [2.24, 2.45) is 10.9 Å². The molecule has 0 radical (unpaired) electrons. The highest BCUT2D eigenvalue weighted by Crippen LogP contribution is 2.37. The zero-order valence-electron chi connectivity index (χ0n) is 31.0. The summed E-state index contributed by atoms with van der Waals surface area (Å²) in [6.07, 6.45) is 5.77. The molecule has 1 aliphatic rings. The molecule has 2 heterocycles. The van der Waals surface area contributed by atoms with E-state index in [0.29, 0.717) is 22.7 Å². The molecular formula is C39H51N7O4. The van der Waals surface area contributed by atoms with Gasteiger partial charge < -0.3 is 19.7 Å². The summed E-state index contributed by atoms with van der Waals surface area (Å²) in [5.74, 6) is 0.207. The second kappa shape index (κ2) is 16.6. The van der Waals surface area contributed by atoms with Gasteiger partial charge in [0.2, 0.25) is 11.6 Å². The van der Waals surface area contributed by atoms with Crippen LogP contribution in [0, 0.1) is 19.4 Å². The normalized spacial score (nSPS) is 14.0. The highest BCUT2D eigenvalue weighted by atomic mass is 16.6. The van der Waals surface area contributed by atoms with Crippen molar-refractivity contribution in [1.29, 1.82) is 0 Å². The van der Waals surface area contributed by atoms with Gasteiger partial charge in [0.05, 0.1) is 24.9 Å². The van der Waals surface area contributed by atoms with Gasteiger partial charge in [-0.05, 0) is 95.8 Å². The smallest absolute Gasteiger partial charge is 0.332 e. The molecule has 0 saturated carbocycles. The van der Waals surface area contributed by atoms with E-state index >= 15 is 0 Å². The Morgan fingerprint density at radius 3 is 2.42 bits per heavy atom. The molecule has 3 aromatic rings. The molecule has 266 valence electrons. The van der Waals surface area contributed by atoms with Crippen LogP contribution in [0.3, 0.4) is 0 Å². The van der Waals surface area contributed by atoms with Gasteiger partial charge in [0.15, 0.2) is 17.5 Å². The lowest BCUT2D eigenvalue weighted by atomic mass is 9.98. The lowest BCUT2D eigenvalue weighted by Crippen LogP contribution is -2.24. The molecule has 11 heteroatoms. The standard InChI is InChI=1S/C39H51N7O4/c1-11-15-17-26(13-3)37(47)41-27-18-21-31(49-10)29(24-27)34-43-35-32(38(48)50-39(6,7)8)33(40-9)36(46(35)44-34)42-30-20-19-28(23-25(30)5)45(14-4)22-16-12-2/h18-21,23-24,26H,11-17,22H2,1-8,10H3,(H,41,47)/b42-36+. The molecule has 0 aliphatic carbocycles. The van der Waals surface area contributed by atoms with Crippen LogP contribution in [0.15, 0.2) is 47.1 Å². The van der Waals surface area contributed by atoms with E-state index in [4.69, 9.17) is 31.1 Å². The SMILES string of the molecule is [C-]#[N+]C1=C(C(=O)OC(C)(C)C)c2nc(-c3cc(NC(=O)C(CC)CCCC)ccc3OC)nn2/C1=N/c1ccc(N(CC)CCCC)cc1C. The summed E-state index contributed by atoms with van der Waals surface area (Å²) in [4.78, 5) is 42.6. The number of hydrogen-bond donors (Lipinski definition) is 1. The number of benzene rings is 2. The van der Waals surface area contributed by atoms with Crippen LogP contribution in [-0.2, 0) is 14.3 Å². The van der Waals surface area contributed by atoms with Crippen molar-refractivity contribution < 1.29 is 19.1 Å². The summed E-state index contributed by atoms with van der Waals surface area (Å²) in [6.45, 7) is 25.7. The minimum atomic E-state index is -0.816. The second-order valence-electron chi connectivity index (χ2n) is 13.5. The summed E-state index contributed by atoms with van der Waals surface area (Å²) in [5, 5.41) is 7.84. The summed E-state index contributed by atoms with van der Waals surface area (Å²) in [6, 6.07) is 11.3. The lowest BCUT2D eigenvalue weighted by molar-refractivity contribution is -0.147. The number of esters is 1. The predicted octanol–water partition coefficient (Wildman–Crippen LogP) is 8.61. The van der Waals surface area contributed by atoms with Crippen LogP contribution in [0.4, 0.5) is 17.1 Å². The monoisotopic (exact) mass is 681 g/mol. The van der Waals surface area contributed by atoms with Crippen LogP contribution in [-0.4, -0.2) is 58.3 Å². The maximum Gasteiger partial charge on any atom is 0.332 e. The van der Waals surface area contributed by atoms with E-state index in [9.17, 15) is 9.59 Å². The zero-order valence-corrected chi connectivity index (χ0v) is 31.0. The first-order chi connectivity index (χ1) is 23.9. The van der Waals surface area contributed by atoms with Crippen molar-refractivity contribution >= 4 is 40.3 Å². The number of nitrogens with one attached hydrogen (secondary N) is 1. The Morgan fingerprint density at radius 2 is 1.82 bits per heavy atom. The van der Waals surface area contributed by atoms with Gasteiger partial charge in [-0.2, -0.15) is 0 Å². The number of aliphatic imine (C=N–C) groups is 1.